The van der Waals surface area contributed by atoms with Crippen LogP contribution in [0.3, 0.4) is 0 Å². The Morgan fingerprint density at radius 2 is 2.00 bits per heavy atom. The zero-order valence-corrected chi connectivity index (χ0v) is 9.15. The van der Waals surface area contributed by atoms with Gasteiger partial charge in [-0.1, -0.05) is 6.07 Å². The largest absolute Gasteiger partial charge is 0.496 e. The third kappa shape index (κ3) is 2.50. The highest BCUT2D eigenvalue weighted by Gasteiger charge is 2.40. The van der Waals surface area contributed by atoms with Crippen molar-refractivity contribution in [3.05, 3.63) is 28.2 Å². The maximum atomic E-state index is 12.1. The molecule has 0 unspecified atom stereocenters. The molecule has 0 saturated carbocycles. The Hall–Kier alpha value is -1.04. The van der Waals surface area contributed by atoms with Gasteiger partial charge in [-0.2, -0.15) is 13.2 Å². The van der Waals surface area contributed by atoms with Gasteiger partial charge in [0, 0.05) is 5.56 Å². The van der Waals surface area contributed by atoms with Gasteiger partial charge in [0.05, 0.1) is 11.6 Å². The third-order valence-electron chi connectivity index (χ3n) is 1.69. The highest BCUT2D eigenvalue weighted by atomic mass is 79.9. The zero-order chi connectivity index (χ0) is 11.6. The molecule has 1 rings (SSSR count). The van der Waals surface area contributed by atoms with Crippen LogP contribution >= 0.6 is 15.9 Å². The van der Waals surface area contributed by atoms with Crippen molar-refractivity contribution in [3.8, 4) is 5.75 Å². The molecule has 0 aliphatic heterocycles. The van der Waals surface area contributed by atoms with Crippen molar-refractivity contribution >= 4 is 21.7 Å². The summed E-state index contributed by atoms with van der Waals surface area (Å²) in [6.45, 7) is 0. The van der Waals surface area contributed by atoms with E-state index in [-0.39, 0.29) is 10.2 Å². The summed E-state index contributed by atoms with van der Waals surface area (Å²) in [5.74, 6) is -1.71. The van der Waals surface area contributed by atoms with Crippen molar-refractivity contribution in [2.75, 3.05) is 7.11 Å². The Labute approximate surface area is 92.2 Å². The second-order valence-electron chi connectivity index (χ2n) is 2.65. The van der Waals surface area contributed by atoms with Crippen LogP contribution in [0.2, 0.25) is 0 Å². The van der Waals surface area contributed by atoms with E-state index < -0.39 is 17.5 Å². The van der Waals surface area contributed by atoms with E-state index in [0.717, 1.165) is 6.07 Å². The molecule has 0 saturated heterocycles. The molecule has 0 aromatic heterocycles. The van der Waals surface area contributed by atoms with Gasteiger partial charge in [-0.25, -0.2) is 0 Å². The first-order chi connectivity index (χ1) is 6.88. The van der Waals surface area contributed by atoms with Gasteiger partial charge in [0.1, 0.15) is 5.75 Å². The van der Waals surface area contributed by atoms with Gasteiger partial charge in [-0.3, -0.25) is 4.79 Å². The first-order valence-electron chi connectivity index (χ1n) is 3.82. The topological polar surface area (TPSA) is 26.3 Å². The second kappa shape index (κ2) is 4.22. The lowest BCUT2D eigenvalue weighted by Gasteiger charge is -2.09. The van der Waals surface area contributed by atoms with Crippen LogP contribution in [0.25, 0.3) is 0 Å². The summed E-state index contributed by atoms with van der Waals surface area (Å²) in [5, 5.41) is 0. The van der Waals surface area contributed by atoms with Crippen LogP contribution in [0.5, 0.6) is 5.75 Å². The number of benzene rings is 1. The summed E-state index contributed by atoms with van der Waals surface area (Å²) in [6.07, 6.45) is -4.88. The molecule has 1 aromatic rings. The molecule has 6 heteroatoms. The predicted molar refractivity (Wildman–Crippen MR) is 51.1 cm³/mol. The summed E-state index contributed by atoms with van der Waals surface area (Å²) in [5.41, 5.74) is -0.457. The van der Waals surface area contributed by atoms with Crippen molar-refractivity contribution in [1.29, 1.82) is 0 Å². The van der Waals surface area contributed by atoms with Gasteiger partial charge in [-0.05, 0) is 28.1 Å². The SMILES string of the molecule is COc1cccc(C(=O)C(F)(F)F)c1Br. The van der Waals surface area contributed by atoms with Crippen molar-refractivity contribution in [2.24, 2.45) is 0 Å². The Balaban J connectivity index is 3.22. The van der Waals surface area contributed by atoms with E-state index in [1.807, 2.05) is 0 Å². The van der Waals surface area contributed by atoms with Crippen LogP contribution in [0, 0.1) is 0 Å². The lowest BCUT2D eigenvalue weighted by molar-refractivity contribution is -0.0885. The standard InChI is InChI=1S/C9H6BrF3O2/c1-15-6-4-2-3-5(7(6)10)8(14)9(11,12)13/h2-4H,1H3. The monoisotopic (exact) mass is 282 g/mol. The maximum absolute atomic E-state index is 12.1. The number of methoxy groups -OCH3 is 1. The molecule has 2 nitrogen and oxygen atoms in total. The summed E-state index contributed by atoms with van der Waals surface area (Å²) in [7, 11) is 1.31. The van der Waals surface area contributed by atoms with Crippen LogP contribution < -0.4 is 4.74 Å². The normalized spacial score (nSPS) is 11.3. The minimum absolute atomic E-state index is 0.00910. The molecule has 1 aromatic carbocycles. The fourth-order valence-corrected chi connectivity index (χ4v) is 1.60. The molecule has 0 amide bonds. The lowest BCUT2D eigenvalue weighted by atomic mass is 10.1. The van der Waals surface area contributed by atoms with Gasteiger partial charge >= 0.3 is 6.18 Å². The van der Waals surface area contributed by atoms with Crippen molar-refractivity contribution in [2.45, 2.75) is 6.18 Å². The molecule has 82 valence electrons. The van der Waals surface area contributed by atoms with Crippen LogP contribution in [0.15, 0.2) is 22.7 Å². The van der Waals surface area contributed by atoms with E-state index in [0.29, 0.717) is 0 Å². The van der Waals surface area contributed by atoms with Crippen molar-refractivity contribution < 1.29 is 22.7 Å². The highest BCUT2D eigenvalue weighted by molar-refractivity contribution is 9.10. The van der Waals surface area contributed by atoms with E-state index in [1.54, 1.807) is 0 Å². The molecule has 0 radical (unpaired) electrons. The smallest absolute Gasteiger partial charge is 0.454 e. The Morgan fingerprint density at radius 3 is 2.47 bits per heavy atom. The van der Waals surface area contributed by atoms with E-state index >= 15 is 0 Å². The van der Waals surface area contributed by atoms with E-state index in [4.69, 9.17) is 4.74 Å². The fourth-order valence-electron chi connectivity index (χ4n) is 0.997. The number of rotatable bonds is 2. The number of carbonyl (C=O) groups is 1. The van der Waals surface area contributed by atoms with E-state index in [9.17, 15) is 18.0 Å². The second-order valence-corrected chi connectivity index (χ2v) is 3.44. The molecule has 0 spiro atoms. The maximum Gasteiger partial charge on any atom is 0.454 e. The summed E-state index contributed by atoms with van der Waals surface area (Å²) in [4.78, 5) is 10.9. The number of ketones is 1. The first kappa shape index (κ1) is 12.0. The Morgan fingerprint density at radius 1 is 1.40 bits per heavy atom. The third-order valence-corrected chi connectivity index (χ3v) is 2.50. The molecule has 0 aliphatic carbocycles. The Bertz CT molecular complexity index is 387. The number of hydrogen-bond acceptors (Lipinski definition) is 2. The molecule has 0 heterocycles. The number of hydrogen-bond donors (Lipinski definition) is 0. The highest BCUT2D eigenvalue weighted by Crippen LogP contribution is 2.32. The molecular formula is C9H6BrF3O2. The molecule has 0 N–H and O–H groups in total. The van der Waals surface area contributed by atoms with Gasteiger partial charge in [-0.15, -0.1) is 0 Å². The van der Waals surface area contributed by atoms with Crippen molar-refractivity contribution in [1.82, 2.24) is 0 Å². The quantitative estimate of drug-likeness (QED) is 0.779. The molecule has 0 fully saturated rings. The number of halogens is 4. The average Bonchev–Trinajstić information content (AvgIpc) is 2.16. The lowest BCUT2D eigenvalue weighted by Crippen LogP contribution is -2.23. The first-order valence-corrected chi connectivity index (χ1v) is 4.61. The van der Waals surface area contributed by atoms with Gasteiger partial charge in [0.15, 0.2) is 0 Å². The number of Topliss-reactive ketones (excluding diaryl/α,β-unsaturated/α-hetero) is 1. The fraction of sp³-hybridized carbons (Fsp3) is 0.222. The zero-order valence-electron chi connectivity index (χ0n) is 7.56. The summed E-state index contributed by atoms with van der Waals surface area (Å²) >= 11 is 2.89. The van der Waals surface area contributed by atoms with E-state index in [2.05, 4.69) is 15.9 Å². The minimum Gasteiger partial charge on any atom is -0.496 e. The van der Waals surface area contributed by atoms with Gasteiger partial charge < -0.3 is 4.74 Å². The average molecular weight is 283 g/mol. The Kier molecular flexibility index (Phi) is 3.38. The van der Waals surface area contributed by atoms with Crippen molar-refractivity contribution in [3.63, 3.8) is 0 Å². The summed E-state index contributed by atoms with van der Waals surface area (Å²) in [6, 6.07) is 3.86. The summed E-state index contributed by atoms with van der Waals surface area (Å²) < 4.78 is 41.2. The minimum atomic E-state index is -4.88. The van der Waals surface area contributed by atoms with Crippen LogP contribution in [-0.4, -0.2) is 19.1 Å². The molecule has 0 bridgehead atoms. The molecular weight excluding hydrogens is 277 g/mol. The van der Waals surface area contributed by atoms with Crippen LogP contribution in [0.4, 0.5) is 13.2 Å². The van der Waals surface area contributed by atoms with Crippen LogP contribution in [0.1, 0.15) is 10.4 Å². The van der Waals surface area contributed by atoms with E-state index in [1.165, 1.54) is 19.2 Å². The molecule has 0 aliphatic rings. The van der Waals surface area contributed by atoms with Gasteiger partial charge in [0.25, 0.3) is 5.78 Å². The number of ether oxygens (including phenoxy) is 1. The molecule has 0 atom stereocenters. The predicted octanol–water partition coefficient (Wildman–Crippen LogP) is 3.20. The number of carbonyl (C=O) groups excluding carboxylic acids is 1. The molecule has 15 heavy (non-hydrogen) atoms. The van der Waals surface area contributed by atoms with Gasteiger partial charge in [0.2, 0.25) is 0 Å². The van der Waals surface area contributed by atoms with Crippen LogP contribution in [-0.2, 0) is 0 Å². The number of alkyl halides is 3.